The van der Waals surface area contributed by atoms with Gasteiger partial charge in [-0.25, -0.2) is 0 Å². The van der Waals surface area contributed by atoms with Crippen molar-refractivity contribution in [2.24, 2.45) is 5.92 Å². The van der Waals surface area contributed by atoms with E-state index in [0.29, 0.717) is 11.4 Å². The van der Waals surface area contributed by atoms with E-state index in [2.05, 4.69) is 13.8 Å². The fraction of sp³-hybridized carbons (Fsp3) is 0.538. The molecule has 0 aliphatic carbocycles. The average molecular weight is 223 g/mol. The highest BCUT2D eigenvalue weighted by atomic mass is 16.5. The number of benzene rings is 1. The van der Waals surface area contributed by atoms with Gasteiger partial charge in [-0.2, -0.15) is 0 Å². The van der Waals surface area contributed by atoms with E-state index in [4.69, 9.17) is 15.2 Å². The molecular weight excluding hydrogens is 202 g/mol. The summed E-state index contributed by atoms with van der Waals surface area (Å²) in [6.07, 6.45) is 2.26. The van der Waals surface area contributed by atoms with Crippen molar-refractivity contribution in [3.63, 3.8) is 0 Å². The van der Waals surface area contributed by atoms with Crippen molar-refractivity contribution in [3.05, 3.63) is 18.2 Å². The largest absolute Gasteiger partial charge is 0.495 e. The Labute approximate surface area is 97.6 Å². The summed E-state index contributed by atoms with van der Waals surface area (Å²) in [7, 11) is 1.61. The van der Waals surface area contributed by atoms with Crippen LogP contribution in [0.1, 0.15) is 26.7 Å². The Balaban J connectivity index is 2.40. The van der Waals surface area contributed by atoms with Gasteiger partial charge in [-0.05, 0) is 30.9 Å². The van der Waals surface area contributed by atoms with Crippen molar-refractivity contribution in [3.8, 4) is 11.5 Å². The lowest BCUT2D eigenvalue weighted by Crippen LogP contribution is -2.00. The second-order valence-electron chi connectivity index (χ2n) is 4.29. The Bertz CT molecular complexity index is 324. The van der Waals surface area contributed by atoms with E-state index < -0.39 is 0 Å². The van der Waals surface area contributed by atoms with Gasteiger partial charge in [0.15, 0.2) is 0 Å². The van der Waals surface area contributed by atoms with E-state index in [1.165, 1.54) is 6.42 Å². The molecule has 1 aromatic rings. The maximum absolute atomic E-state index is 5.78. The standard InChI is InChI=1S/C13H21NO2/c1-10(2)5-4-8-16-11-6-7-13(15-3)12(14)9-11/h6-7,9-10H,4-5,8,14H2,1-3H3. The summed E-state index contributed by atoms with van der Waals surface area (Å²) in [6, 6.07) is 5.51. The first-order valence-electron chi connectivity index (χ1n) is 5.69. The van der Waals surface area contributed by atoms with Crippen molar-refractivity contribution in [1.82, 2.24) is 0 Å². The lowest BCUT2D eigenvalue weighted by molar-refractivity contribution is 0.297. The van der Waals surface area contributed by atoms with Crippen molar-refractivity contribution in [2.75, 3.05) is 19.5 Å². The molecule has 16 heavy (non-hydrogen) atoms. The van der Waals surface area contributed by atoms with Crippen molar-refractivity contribution in [2.45, 2.75) is 26.7 Å². The molecule has 1 aromatic carbocycles. The van der Waals surface area contributed by atoms with Crippen LogP contribution in [0, 0.1) is 5.92 Å². The summed E-state index contributed by atoms with van der Waals surface area (Å²) < 4.78 is 10.7. The van der Waals surface area contributed by atoms with Crippen LogP contribution in [0.25, 0.3) is 0 Å². The molecule has 0 radical (unpaired) electrons. The van der Waals surface area contributed by atoms with E-state index in [1.54, 1.807) is 13.2 Å². The second-order valence-corrected chi connectivity index (χ2v) is 4.29. The first-order chi connectivity index (χ1) is 7.63. The van der Waals surface area contributed by atoms with Crippen LogP contribution in [-0.2, 0) is 0 Å². The van der Waals surface area contributed by atoms with Crippen molar-refractivity contribution in [1.29, 1.82) is 0 Å². The van der Waals surface area contributed by atoms with Crippen molar-refractivity contribution >= 4 is 5.69 Å². The van der Waals surface area contributed by atoms with Gasteiger partial charge in [0.25, 0.3) is 0 Å². The summed E-state index contributed by atoms with van der Waals surface area (Å²) >= 11 is 0. The molecule has 0 bridgehead atoms. The maximum Gasteiger partial charge on any atom is 0.142 e. The van der Waals surface area contributed by atoms with Gasteiger partial charge in [-0.15, -0.1) is 0 Å². The minimum absolute atomic E-state index is 0.615. The van der Waals surface area contributed by atoms with Crippen LogP contribution >= 0.6 is 0 Å². The van der Waals surface area contributed by atoms with Gasteiger partial charge in [0.1, 0.15) is 11.5 Å². The van der Waals surface area contributed by atoms with Gasteiger partial charge in [0, 0.05) is 6.07 Å². The monoisotopic (exact) mass is 223 g/mol. The van der Waals surface area contributed by atoms with Gasteiger partial charge in [0.05, 0.1) is 19.4 Å². The number of anilines is 1. The molecule has 0 heterocycles. The third kappa shape index (κ3) is 4.01. The van der Waals surface area contributed by atoms with E-state index in [0.717, 1.165) is 24.7 Å². The van der Waals surface area contributed by atoms with Gasteiger partial charge in [-0.3, -0.25) is 0 Å². The van der Waals surface area contributed by atoms with E-state index in [-0.39, 0.29) is 0 Å². The SMILES string of the molecule is COc1ccc(OCCCC(C)C)cc1N. The molecule has 3 nitrogen and oxygen atoms in total. The molecule has 0 aromatic heterocycles. The molecule has 0 saturated carbocycles. The molecule has 2 N–H and O–H groups in total. The van der Waals surface area contributed by atoms with Crippen LogP contribution in [0.3, 0.4) is 0 Å². The zero-order valence-electron chi connectivity index (χ0n) is 10.3. The van der Waals surface area contributed by atoms with E-state index >= 15 is 0 Å². The second kappa shape index (κ2) is 6.26. The summed E-state index contributed by atoms with van der Waals surface area (Å²) in [5.41, 5.74) is 6.39. The number of ether oxygens (including phenoxy) is 2. The first kappa shape index (κ1) is 12.7. The molecule has 3 heteroatoms. The number of hydrogen-bond donors (Lipinski definition) is 1. The van der Waals surface area contributed by atoms with Gasteiger partial charge >= 0.3 is 0 Å². The summed E-state index contributed by atoms with van der Waals surface area (Å²) in [5.74, 6) is 2.22. The van der Waals surface area contributed by atoms with Gasteiger partial charge in [0.2, 0.25) is 0 Å². The lowest BCUT2D eigenvalue weighted by Gasteiger charge is -2.10. The van der Waals surface area contributed by atoms with Crippen LogP contribution in [0.2, 0.25) is 0 Å². The quantitative estimate of drug-likeness (QED) is 0.595. The molecule has 0 saturated heterocycles. The number of hydrogen-bond acceptors (Lipinski definition) is 3. The van der Waals surface area contributed by atoms with E-state index in [9.17, 15) is 0 Å². The molecular formula is C13H21NO2. The topological polar surface area (TPSA) is 44.5 Å². The predicted molar refractivity (Wildman–Crippen MR) is 67.0 cm³/mol. The highest BCUT2D eigenvalue weighted by Crippen LogP contribution is 2.26. The minimum Gasteiger partial charge on any atom is -0.495 e. The third-order valence-corrected chi connectivity index (χ3v) is 2.40. The highest BCUT2D eigenvalue weighted by Gasteiger charge is 2.01. The third-order valence-electron chi connectivity index (χ3n) is 2.40. The number of nitrogens with two attached hydrogens (primary N) is 1. The predicted octanol–water partition coefficient (Wildman–Crippen LogP) is 3.09. The zero-order valence-corrected chi connectivity index (χ0v) is 10.3. The zero-order chi connectivity index (χ0) is 12.0. The fourth-order valence-corrected chi connectivity index (χ4v) is 1.48. The van der Waals surface area contributed by atoms with Crippen LogP contribution < -0.4 is 15.2 Å². The molecule has 1 rings (SSSR count). The van der Waals surface area contributed by atoms with E-state index in [1.807, 2.05) is 12.1 Å². The Morgan fingerprint density at radius 2 is 2.06 bits per heavy atom. The van der Waals surface area contributed by atoms with Crippen LogP contribution in [0.15, 0.2) is 18.2 Å². The molecule has 90 valence electrons. The Hall–Kier alpha value is -1.38. The molecule has 0 atom stereocenters. The summed E-state index contributed by atoms with van der Waals surface area (Å²) in [4.78, 5) is 0. The van der Waals surface area contributed by atoms with Crippen molar-refractivity contribution < 1.29 is 9.47 Å². The minimum atomic E-state index is 0.615. The average Bonchev–Trinajstić information content (AvgIpc) is 2.24. The van der Waals surface area contributed by atoms with Gasteiger partial charge < -0.3 is 15.2 Å². The molecule has 0 amide bonds. The lowest BCUT2D eigenvalue weighted by atomic mass is 10.1. The number of rotatable bonds is 6. The number of nitrogen functional groups attached to an aromatic ring is 1. The Morgan fingerprint density at radius 3 is 2.62 bits per heavy atom. The smallest absolute Gasteiger partial charge is 0.142 e. The highest BCUT2D eigenvalue weighted by molar-refractivity contribution is 5.56. The normalized spacial score (nSPS) is 10.5. The van der Waals surface area contributed by atoms with Gasteiger partial charge in [-0.1, -0.05) is 13.8 Å². The molecule has 0 aliphatic heterocycles. The Kier molecular flexibility index (Phi) is 4.96. The maximum atomic E-state index is 5.78. The summed E-state index contributed by atoms with van der Waals surface area (Å²) in [5, 5.41) is 0. The van der Waals surface area contributed by atoms with Crippen LogP contribution in [0.4, 0.5) is 5.69 Å². The molecule has 0 fully saturated rings. The van der Waals surface area contributed by atoms with Crippen LogP contribution in [0.5, 0.6) is 11.5 Å². The fourth-order valence-electron chi connectivity index (χ4n) is 1.48. The number of methoxy groups -OCH3 is 1. The molecule has 0 unspecified atom stereocenters. The molecule has 0 spiro atoms. The Morgan fingerprint density at radius 1 is 1.31 bits per heavy atom. The molecule has 0 aliphatic rings. The van der Waals surface area contributed by atoms with Crippen LogP contribution in [-0.4, -0.2) is 13.7 Å². The first-order valence-corrected chi connectivity index (χ1v) is 5.69. The summed E-state index contributed by atoms with van der Waals surface area (Å²) in [6.45, 7) is 5.17.